The number of aryl methyl sites for hydroxylation is 2. The topological polar surface area (TPSA) is 92.2 Å². The van der Waals surface area contributed by atoms with Crippen LogP contribution in [0.4, 0.5) is 0 Å². The van der Waals surface area contributed by atoms with Crippen LogP contribution < -0.4 is 10.9 Å². The summed E-state index contributed by atoms with van der Waals surface area (Å²) in [5, 5.41) is 10.8. The van der Waals surface area contributed by atoms with Crippen molar-refractivity contribution in [2.75, 3.05) is 0 Å². The summed E-state index contributed by atoms with van der Waals surface area (Å²) in [7, 11) is 0. The molecule has 0 saturated carbocycles. The van der Waals surface area contributed by atoms with Gasteiger partial charge in [-0.05, 0) is 32.9 Å². The first kappa shape index (κ1) is 15.0. The van der Waals surface area contributed by atoms with E-state index < -0.39 is 0 Å². The summed E-state index contributed by atoms with van der Waals surface area (Å²) >= 11 is 0. The highest BCUT2D eigenvalue weighted by molar-refractivity contribution is 5.94. The predicted octanol–water partition coefficient (Wildman–Crippen LogP) is 1.53. The van der Waals surface area contributed by atoms with Crippen LogP contribution in [-0.4, -0.2) is 25.5 Å². The number of aromatic nitrogens is 4. The Labute approximate surface area is 132 Å². The molecule has 118 valence electrons. The second-order valence-corrected chi connectivity index (χ2v) is 5.61. The van der Waals surface area contributed by atoms with Gasteiger partial charge in [-0.15, -0.1) is 10.2 Å². The molecule has 0 aliphatic carbocycles. The Morgan fingerprint density at radius 2 is 1.91 bits per heavy atom. The first-order chi connectivity index (χ1) is 11.0. The first-order valence-electron chi connectivity index (χ1n) is 7.27. The molecule has 0 bridgehead atoms. The third-order valence-corrected chi connectivity index (χ3v) is 3.58. The number of amides is 1. The second kappa shape index (κ2) is 5.68. The number of hydrogen-bond donors (Lipinski definition) is 2. The lowest BCUT2D eigenvalue weighted by Crippen LogP contribution is -2.28. The highest BCUT2D eigenvalue weighted by Gasteiger charge is 2.18. The molecule has 23 heavy (non-hydrogen) atoms. The molecule has 0 saturated heterocycles. The Balaban J connectivity index is 1.88. The van der Waals surface area contributed by atoms with Crippen molar-refractivity contribution in [1.29, 1.82) is 0 Å². The van der Waals surface area contributed by atoms with Crippen LogP contribution in [0.1, 0.15) is 40.3 Å². The van der Waals surface area contributed by atoms with Crippen molar-refractivity contribution in [3.05, 3.63) is 63.5 Å². The van der Waals surface area contributed by atoms with Crippen LogP contribution in [0, 0.1) is 13.8 Å². The second-order valence-electron chi connectivity index (χ2n) is 5.61. The maximum Gasteiger partial charge on any atom is 0.293 e. The molecule has 0 spiro atoms. The lowest BCUT2D eigenvalue weighted by atomic mass is 10.1. The number of nitrogens with one attached hydrogen (secondary N) is 2. The van der Waals surface area contributed by atoms with Gasteiger partial charge < -0.3 is 10.3 Å². The zero-order valence-corrected chi connectivity index (χ0v) is 13.1. The van der Waals surface area contributed by atoms with E-state index in [9.17, 15) is 9.59 Å². The van der Waals surface area contributed by atoms with Crippen LogP contribution in [0.5, 0.6) is 0 Å². The number of hydrogen-bond acceptors (Lipinski definition) is 4. The van der Waals surface area contributed by atoms with E-state index in [4.69, 9.17) is 0 Å². The van der Waals surface area contributed by atoms with Crippen molar-refractivity contribution in [2.45, 2.75) is 26.8 Å². The quantitative estimate of drug-likeness (QED) is 0.767. The Morgan fingerprint density at radius 1 is 1.22 bits per heavy atom. The molecule has 1 amide bonds. The summed E-state index contributed by atoms with van der Waals surface area (Å²) in [6, 6.07) is 5.29. The van der Waals surface area contributed by atoms with Crippen LogP contribution >= 0.6 is 0 Å². The third kappa shape index (κ3) is 2.85. The fourth-order valence-electron chi connectivity index (χ4n) is 2.60. The van der Waals surface area contributed by atoms with Gasteiger partial charge in [0.2, 0.25) is 5.65 Å². The van der Waals surface area contributed by atoms with Gasteiger partial charge in [0, 0.05) is 18.0 Å². The zero-order valence-electron chi connectivity index (χ0n) is 13.1. The Hall–Kier alpha value is -2.96. The molecule has 1 aromatic carbocycles. The number of nitrogens with zero attached hydrogens (tertiary/aromatic N) is 3. The lowest BCUT2D eigenvalue weighted by Gasteiger charge is -2.13. The van der Waals surface area contributed by atoms with Crippen molar-refractivity contribution in [3.63, 3.8) is 0 Å². The Morgan fingerprint density at radius 3 is 2.61 bits per heavy atom. The van der Waals surface area contributed by atoms with E-state index in [0.29, 0.717) is 11.4 Å². The maximum absolute atomic E-state index is 12.4. The number of aromatic amines is 1. The summed E-state index contributed by atoms with van der Waals surface area (Å²) in [6.07, 6.45) is 3.17. The molecular weight excluding hydrogens is 294 g/mol. The summed E-state index contributed by atoms with van der Waals surface area (Å²) < 4.78 is 1.57. The van der Waals surface area contributed by atoms with E-state index in [1.165, 1.54) is 6.20 Å². The molecule has 0 aliphatic heterocycles. The number of benzene rings is 1. The van der Waals surface area contributed by atoms with Gasteiger partial charge >= 0.3 is 0 Å². The molecule has 7 heteroatoms. The van der Waals surface area contributed by atoms with E-state index in [-0.39, 0.29) is 23.2 Å². The SMILES string of the molecule is Cc1cc(C)cc(C(=O)NC(C)c2nnc3c(=O)[nH]ccn23)c1. The van der Waals surface area contributed by atoms with Crippen molar-refractivity contribution in [3.8, 4) is 0 Å². The molecule has 0 aliphatic rings. The van der Waals surface area contributed by atoms with Gasteiger partial charge in [0.15, 0.2) is 5.82 Å². The average molecular weight is 311 g/mol. The molecule has 1 atom stereocenters. The molecule has 1 unspecified atom stereocenters. The number of H-pyrrole nitrogens is 1. The number of fused-ring (bicyclic) bond motifs is 1. The van der Waals surface area contributed by atoms with Crippen molar-refractivity contribution < 1.29 is 4.79 Å². The van der Waals surface area contributed by atoms with Crippen LogP contribution in [0.3, 0.4) is 0 Å². The fourth-order valence-corrected chi connectivity index (χ4v) is 2.60. The van der Waals surface area contributed by atoms with E-state index in [0.717, 1.165) is 11.1 Å². The van der Waals surface area contributed by atoms with Crippen LogP contribution in [-0.2, 0) is 0 Å². The maximum atomic E-state index is 12.4. The lowest BCUT2D eigenvalue weighted by molar-refractivity contribution is 0.0938. The van der Waals surface area contributed by atoms with E-state index in [1.54, 1.807) is 17.5 Å². The average Bonchev–Trinajstić information content (AvgIpc) is 2.91. The summed E-state index contributed by atoms with van der Waals surface area (Å²) in [5.41, 5.74) is 2.54. The van der Waals surface area contributed by atoms with Gasteiger partial charge in [-0.3, -0.25) is 14.0 Å². The fraction of sp³-hybridized carbons (Fsp3) is 0.250. The number of rotatable bonds is 3. The van der Waals surface area contributed by atoms with Gasteiger partial charge in [0.1, 0.15) is 0 Å². The van der Waals surface area contributed by atoms with Gasteiger partial charge in [0.05, 0.1) is 6.04 Å². The van der Waals surface area contributed by atoms with Crippen molar-refractivity contribution in [2.24, 2.45) is 0 Å². The van der Waals surface area contributed by atoms with E-state index in [2.05, 4.69) is 20.5 Å². The minimum Gasteiger partial charge on any atom is -0.342 e. The van der Waals surface area contributed by atoms with Crippen LogP contribution in [0.2, 0.25) is 0 Å². The van der Waals surface area contributed by atoms with E-state index >= 15 is 0 Å². The Bertz CT molecular complexity index is 921. The third-order valence-electron chi connectivity index (χ3n) is 3.58. The smallest absolute Gasteiger partial charge is 0.293 e. The van der Waals surface area contributed by atoms with Crippen molar-refractivity contribution in [1.82, 2.24) is 24.9 Å². The van der Waals surface area contributed by atoms with Crippen LogP contribution in [0.25, 0.3) is 5.65 Å². The Kier molecular flexibility index (Phi) is 3.69. The normalized spacial score (nSPS) is 12.3. The highest BCUT2D eigenvalue weighted by Crippen LogP contribution is 2.13. The molecule has 0 fully saturated rings. The molecule has 2 N–H and O–H groups in total. The first-order valence-corrected chi connectivity index (χ1v) is 7.27. The molecule has 3 aromatic rings. The number of carbonyl (C=O) groups excluding carboxylic acids is 1. The molecule has 3 rings (SSSR count). The van der Waals surface area contributed by atoms with E-state index in [1.807, 2.05) is 32.0 Å². The van der Waals surface area contributed by atoms with Crippen molar-refractivity contribution >= 4 is 11.6 Å². The van der Waals surface area contributed by atoms with Gasteiger partial charge in [-0.2, -0.15) is 0 Å². The standard InChI is InChI=1S/C16H17N5O2/c1-9-6-10(2)8-12(7-9)15(22)18-11(3)13-19-20-14-16(23)17-4-5-21(13)14/h4-8,11H,1-3H3,(H,17,23)(H,18,22). The summed E-state index contributed by atoms with van der Waals surface area (Å²) in [6.45, 7) is 5.70. The molecular formula is C16H17N5O2. The number of carbonyl (C=O) groups is 1. The molecule has 2 heterocycles. The predicted molar refractivity (Wildman–Crippen MR) is 85.4 cm³/mol. The zero-order chi connectivity index (χ0) is 16.6. The molecule has 0 radical (unpaired) electrons. The monoisotopic (exact) mass is 311 g/mol. The van der Waals surface area contributed by atoms with Gasteiger partial charge in [0.25, 0.3) is 11.5 Å². The minimum absolute atomic E-state index is 0.189. The minimum atomic E-state index is -0.389. The summed E-state index contributed by atoms with van der Waals surface area (Å²) in [5.74, 6) is 0.315. The largest absolute Gasteiger partial charge is 0.342 e. The van der Waals surface area contributed by atoms with Gasteiger partial charge in [-0.25, -0.2) is 0 Å². The van der Waals surface area contributed by atoms with Gasteiger partial charge in [-0.1, -0.05) is 17.2 Å². The summed E-state index contributed by atoms with van der Waals surface area (Å²) in [4.78, 5) is 26.6. The van der Waals surface area contributed by atoms with Crippen LogP contribution in [0.15, 0.2) is 35.4 Å². The molecule has 2 aromatic heterocycles. The highest BCUT2D eigenvalue weighted by atomic mass is 16.1. The molecule has 7 nitrogen and oxygen atoms in total.